The molecule has 0 bridgehead atoms. The molecule has 0 atom stereocenters. The largest absolute Gasteiger partial charge is 0.363 e. The van der Waals surface area contributed by atoms with Gasteiger partial charge in [0.25, 0.3) is 0 Å². The molecule has 0 aliphatic carbocycles. The van der Waals surface area contributed by atoms with Crippen molar-refractivity contribution < 1.29 is 0 Å². The lowest BCUT2D eigenvalue weighted by Crippen LogP contribution is -2.19. The Morgan fingerprint density at radius 2 is 2.07 bits per heavy atom. The third-order valence-corrected chi connectivity index (χ3v) is 2.62. The van der Waals surface area contributed by atoms with Crippen LogP contribution >= 0.6 is 0 Å². The zero-order chi connectivity index (χ0) is 9.80. The standard InChI is InChI=1S/C12H16N2/c1-14-9-5-8-12(14)13-10-11-6-3-2-4-7-11/h2-4,6-7H,5,8-10H2,1H3. The van der Waals surface area contributed by atoms with Crippen molar-refractivity contribution >= 4 is 5.84 Å². The first-order valence-corrected chi connectivity index (χ1v) is 5.14. The molecule has 1 aromatic carbocycles. The molecule has 1 aliphatic rings. The maximum atomic E-state index is 4.62. The van der Waals surface area contributed by atoms with Crippen LogP contribution in [0, 0.1) is 0 Å². The number of likely N-dealkylation sites (tertiary alicyclic amines) is 1. The minimum absolute atomic E-state index is 0.820. The topological polar surface area (TPSA) is 15.6 Å². The Morgan fingerprint density at radius 3 is 2.71 bits per heavy atom. The van der Waals surface area contributed by atoms with Crippen LogP contribution in [0.15, 0.2) is 35.3 Å². The summed E-state index contributed by atoms with van der Waals surface area (Å²) in [5.74, 6) is 1.26. The molecule has 14 heavy (non-hydrogen) atoms. The minimum Gasteiger partial charge on any atom is -0.363 e. The molecule has 0 N–H and O–H groups in total. The first kappa shape index (κ1) is 9.25. The lowest BCUT2D eigenvalue weighted by atomic mass is 10.2. The third-order valence-electron chi connectivity index (χ3n) is 2.62. The Morgan fingerprint density at radius 1 is 1.29 bits per heavy atom. The van der Waals surface area contributed by atoms with E-state index in [4.69, 9.17) is 0 Å². The van der Waals surface area contributed by atoms with Crippen molar-refractivity contribution in [2.75, 3.05) is 13.6 Å². The smallest absolute Gasteiger partial charge is 0.0991 e. The number of rotatable bonds is 2. The summed E-state index contributed by atoms with van der Waals surface area (Å²) in [6, 6.07) is 10.4. The first-order chi connectivity index (χ1) is 6.86. The lowest BCUT2D eigenvalue weighted by Gasteiger charge is -2.10. The van der Waals surface area contributed by atoms with Gasteiger partial charge in [-0.1, -0.05) is 30.3 Å². The van der Waals surface area contributed by atoms with E-state index in [1.807, 2.05) is 6.07 Å². The van der Waals surface area contributed by atoms with Crippen LogP contribution in [-0.2, 0) is 6.54 Å². The number of hydrogen-bond acceptors (Lipinski definition) is 1. The van der Waals surface area contributed by atoms with Crippen LogP contribution in [0.25, 0.3) is 0 Å². The summed E-state index contributed by atoms with van der Waals surface area (Å²) in [4.78, 5) is 6.87. The van der Waals surface area contributed by atoms with Gasteiger partial charge in [0, 0.05) is 20.0 Å². The summed E-state index contributed by atoms with van der Waals surface area (Å²) < 4.78 is 0. The van der Waals surface area contributed by atoms with Gasteiger partial charge in [-0.3, -0.25) is 4.99 Å². The van der Waals surface area contributed by atoms with Gasteiger partial charge in [-0.05, 0) is 12.0 Å². The molecular weight excluding hydrogens is 172 g/mol. The number of nitrogens with zero attached hydrogens (tertiary/aromatic N) is 2. The Kier molecular flexibility index (Phi) is 2.82. The van der Waals surface area contributed by atoms with Gasteiger partial charge >= 0.3 is 0 Å². The zero-order valence-corrected chi connectivity index (χ0v) is 8.61. The summed E-state index contributed by atoms with van der Waals surface area (Å²) in [5.41, 5.74) is 1.29. The van der Waals surface area contributed by atoms with Crippen molar-refractivity contribution in [2.24, 2.45) is 4.99 Å². The average molecular weight is 188 g/mol. The lowest BCUT2D eigenvalue weighted by molar-refractivity contribution is 0.547. The summed E-state index contributed by atoms with van der Waals surface area (Å²) in [6.07, 6.45) is 2.40. The average Bonchev–Trinajstić information content (AvgIpc) is 2.63. The molecule has 74 valence electrons. The second-order valence-electron chi connectivity index (χ2n) is 3.74. The van der Waals surface area contributed by atoms with E-state index in [0.717, 1.165) is 19.5 Å². The van der Waals surface area contributed by atoms with Crippen LogP contribution in [0.4, 0.5) is 0 Å². The molecule has 0 spiro atoms. The van der Waals surface area contributed by atoms with E-state index < -0.39 is 0 Å². The molecule has 0 radical (unpaired) electrons. The van der Waals surface area contributed by atoms with Gasteiger partial charge in [0.05, 0.1) is 12.4 Å². The normalized spacial score (nSPS) is 19.2. The fourth-order valence-corrected chi connectivity index (χ4v) is 1.76. The van der Waals surface area contributed by atoms with Crippen molar-refractivity contribution in [1.29, 1.82) is 0 Å². The Hall–Kier alpha value is -1.31. The summed E-state index contributed by atoms with van der Waals surface area (Å²) in [6.45, 7) is 1.98. The number of benzene rings is 1. The molecule has 2 nitrogen and oxygen atoms in total. The molecule has 1 aromatic rings. The van der Waals surface area contributed by atoms with E-state index in [0.29, 0.717) is 0 Å². The maximum Gasteiger partial charge on any atom is 0.0991 e. The van der Waals surface area contributed by atoms with Gasteiger partial charge in [0.2, 0.25) is 0 Å². The SMILES string of the molecule is CN1CCCC1=NCc1ccccc1. The van der Waals surface area contributed by atoms with Gasteiger partial charge in [-0.15, -0.1) is 0 Å². The van der Waals surface area contributed by atoms with E-state index in [-0.39, 0.29) is 0 Å². The number of amidine groups is 1. The van der Waals surface area contributed by atoms with E-state index in [1.165, 1.54) is 17.8 Å². The van der Waals surface area contributed by atoms with Crippen molar-refractivity contribution in [3.8, 4) is 0 Å². The highest BCUT2D eigenvalue weighted by molar-refractivity contribution is 5.83. The Balaban J connectivity index is 1.99. The quantitative estimate of drug-likeness (QED) is 0.695. The molecule has 0 aromatic heterocycles. The van der Waals surface area contributed by atoms with Crippen molar-refractivity contribution in [3.05, 3.63) is 35.9 Å². The van der Waals surface area contributed by atoms with Gasteiger partial charge in [-0.25, -0.2) is 0 Å². The predicted molar refractivity (Wildman–Crippen MR) is 59.4 cm³/mol. The molecule has 1 saturated heterocycles. The molecule has 0 saturated carbocycles. The van der Waals surface area contributed by atoms with E-state index in [1.54, 1.807) is 0 Å². The first-order valence-electron chi connectivity index (χ1n) is 5.14. The second kappa shape index (κ2) is 4.27. The van der Waals surface area contributed by atoms with Crippen LogP contribution in [0.5, 0.6) is 0 Å². The number of aliphatic imine (C=N–C) groups is 1. The van der Waals surface area contributed by atoms with Crippen molar-refractivity contribution in [2.45, 2.75) is 19.4 Å². The van der Waals surface area contributed by atoms with E-state index in [2.05, 4.69) is 41.2 Å². The molecule has 0 unspecified atom stereocenters. The monoisotopic (exact) mass is 188 g/mol. The maximum absolute atomic E-state index is 4.62. The van der Waals surface area contributed by atoms with E-state index >= 15 is 0 Å². The predicted octanol–water partition coefficient (Wildman–Crippen LogP) is 2.31. The second-order valence-corrected chi connectivity index (χ2v) is 3.74. The fourth-order valence-electron chi connectivity index (χ4n) is 1.76. The summed E-state index contributed by atoms with van der Waals surface area (Å²) >= 11 is 0. The van der Waals surface area contributed by atoms with Gasteiger partial charge < -0.3 is 4.90 Å². The molecule has 2 rings (SSSR count). The van der Waals surface area contributed by atoms with Gasteiger partial charge in [0.15, 0.2) is 0 Å². The summed E-state index contributed by atoms with van der Waals surface area (Å²) in [7, 11) is 2.12. The highest BCUT2D eigenvalue weighted by Crippen LogP contribution is 2.10. The van der Waals surface area contributed by atoms with Gasteiger partial charge in [0.1, 0.15) is 0 Å². The van der Waals surface area contributed by atoms with Crippen LogP contribution in [-0.4, -0.2) is 24.3 Å². The molecule has 1 aliphatic heterocycles. The van der Waals surface area contributed by atoms with Gasteiger partial charge in [-0.2, -0.15) is 0 Å². The summed E-state index contributed by atoms with van der Waals surface area (Å²) in [5, 5.41) is 0. The van der Waals surface area contributed by atoms with E-state index in [9.17, 15) is 0 Å². The van der Waals surface area contributed by atoms with Crippen LogP contribution in [0.2, 0.25) is 0 Å². The molecular formula is C12H16N2. The number of hydrogen-bond donors (Lipinski definition) is 0. The Bertz CT molecular complexity index is 316. The molecule has 1 fully saturated rings. The Labute approximate surface area is 85.3 Å². The van der Waals surface area contributed by atoms with Crippen molar-refractivity contribution in [3.63, 3.8) is 0 Å². The van der Waals surface area contributed by atoms with Crippen LogP contribution in [0.3, 0.4) is 0 Å². The minimum atomic E-state index is 0.820. The fraction of sp³-hybridized carbons (Fsp3) is 0.417. The highest BCUT2D eigenvalue weighted by Gasteiger charge is 2.12. The molecule has 1 heterocycles. The van der Waals surface area contributed by atoms with Crippen LogP contribution < -0.4 is 0 Å². The highest BCUT2D eigenvalue weighted by atomic mass is 15.2. The third kappa shape index (κ3) is 2.13. The molecule has 0 amide bonds. The zero-order valence-electron chi connectivity index (χ0n) is 8.61. The molecule has 2 heteroatoms. The van der Waals surface area contributed by atoms with Crippen molar-refractivity contribution in [1.82, 2.24) is 4.90 Å². The van der Waals surface area contributed by atoms with Crippen LogP contribution in [0.1, 0.15) is 18.4 Å².